The monoisotopic (exact) mass is 290 g/mol. The number of rotatable bonds is 10. The predicted octanol–water partition coefficient (Wildman–Crippen LogP) is 2.65. The van der Waals surface area contributed by atoms with Crippen molar-refractivity contribution in [3.63, 3.8) is 0 Å². The zero-order valence-corrected chi connectivity index (χ0v) is 12.1. The smallest absolute Gasteiger partial charge is 0.450 e. The van der Waals surface area contributed by atoms with Gasteiger partial charge in [0, 0.05) is 12.5 Å². The van der Waals surface area contributed by atoms with Gasteiger partial charge in [-0.1, -0.05) is 26.3 Å². The lowest BCUT2D eigenvalue weighted by molar-refractivity contribution is -0.341. The Labute approximate surface area is 118 Å². The molecule has 7 heteroatoms. The van der Waals surface area contributed by atoms with Crippen LogP contribution in [0.25, 0.3) is 0 Å². The fraction of sp³-hybridized carbons (Fsp3) is 0.692. The van der Waals surface area contributed by atoms with E-state index in [-0.39, 0.29) is 12.2 Å². The molecule has 20 heavy (non-hydrogen) atoms. The molecule has 0 bridgehead atoms. The summed E-state index contributed by atoms with van der Waals surface area (Å²) in [7, 11) is 0. The first-order chi connectivity index (χ1) is 9.30. The molecule has 0 aromatic carbocycles. The van der Waals surface area contributed by atoms with E-state index in [0.29, 0.717) is 6.61 Å². The first kappa shape index (κ1) is 18.4. The largest absolute Gasteiger partial charge is 0.509 e. The standard InChI is InChI=1S/C13H22O7/c1-5-6-7-8-17-18-9-13(4,20-12(15)16)19-11(14)10(2)3/h2,5-9H2,1,3-4H3,(H,15,16). The topological polar surface area (TPSA) is 91.3 Å². The maximum atomic E-state index is 11.4. The van der Waals surface area contributed by atoms with E-state index in [1.54, 1.807) is 0 Å². The van der Waals surface area contributed by atoms with Crippen LogP contribution in [0.3, 0.4) is 0 Å². The van der Waals surface area contributed by atoms with Crippen LogP contribution in [0, 0.1) is 0 Å². The minimum Gasteiger partial charge on any atom is -0.450 e. The third kappa shape index (κ3) is 8.49. The summed E-state index contributed by atoms with van der Waals surface area (Å²) >= 11 is 0. The predicted molar refractivity (Wildman–Crippen MR) is 69.8 cm³/mol. The zero-order valence-electron chi connectivity index (χ0n) is 12.1. The van der Waals surface area contributed by atoms with Crippen LogP contribution in [0.4, 0.5) is 4.79 Å². The Kier molecular flexibility index (Phi) is 8.58. The van der Waals surface area contributed by atoms with Crippen molar-refractivity contribution in [1.29, 1.82) is 0 Å². The molecule has 1 atom stereocenters. The van der Waals surface area contributed by atoms with Crippen molar-refractivity contribution in [2.45, 2.75) is 45.8 Å². The van der Waals surface area contributed by atoms with Gasteiger partial charge in [0.2, 0.25) is 0 Å². The van der Waals surface area contributed by atoms with Crippen molar-refractivity contribution >= 4 is 12.1 Å². The van der Waals surface area contributed by atoms with Crippen molar-refractivity contribution in [3.8, 4) is 0 Å². The van der Waals surface area contributed by atoms with E-state index >= 15 is 0 Å². The van der Waals surface area contributed by atoms with Crippen LogP contribution in [-0.4, -0.2) is 36.2 Å². The number of hydrogen-bond acceptors (Lipinski definition) is 6. The minimum absolute atomic E-state index is 0.120. The maximum absolute atomic E-state index is 11.4. The van der Waals surface area contributed by atoms with Gasteiger partial charge in [-0.25, -0.2) is 19.4 Å². The molecule has 0 saturated carbocycles. The number of hydrogen-bond donors (Lipinski definition) is 1. The van der Waals surface area contributed by atoms with Gasteiger partial charge in [-0.2, -0.15) is 0 Å². The van der Waals surface area contributed by atoms with Crippen LogP contribution in [0.1, 0.15) is 40.0 Å². The van der Waals surface area contributed by atoms with E-state index in [1.807, 2.05) is 0 Å². The van der Waals surface area contributed by atoms with Gasteiger partial charge in [0.05, 0.1) is 6.61 Å². The van der Waals surface area contributed by atoms with Gasteiger partial charge in [-0.05, 0) is 13.3 Å². The molecule has 0 aromatic heterocycles. The molecule has 7 nitrogen and oxygen atoms in total. The van der Waals surface area contributed by atoms with Gasteiger partial charge in [0.1, 0.15) is 0 Å². The number of ether oxygens (including phenoxy) is 2. The third-order valence-electron chi connectivity index (χ3n) is 2.20. The highest BCUT2D eigenvalue weighted by Crippen LogP contribution is 2.16. The van der Waals surface area contributed by atoms with Crippen molar-refractivity contribution in [1.82, 2.24) is 0 Å². The van der Waals surface area contributed by atoms with Crippen molar-refractivity contribution in [2.75, 3.05) is 13.2 Å². The number of carbonyl (C=O) groups excluding carboxylic acids is 1. The molecular weight excluding hydrogens is 268 g/mol. The van der Waals surface area contributed by atoms with Crippen LogP contribution in [0.2, 0.25) is 0 Å². The van der Waals surface area contributed by atoms with Crippen molar-refractivity contribution < 1.29 is 33.9 Å². The average molecular weight is 290 g/mol. The highest BCUT2D eigenvalue weighted by molar-refractivity contribution is 5.87. The summed E-state index contributed by atoms with van der Waals surface area (Å²) in [4.78, 5) is 31.7. The van der Waals surface area contributed by atoms with E-state index in [4.69, 9.17) is 19.6 Å². The fourth-order valence-electron chi connectivity index (χ4n) is 1.17. The summed E-state index contributed by atoms with van der Waals surface area (Å²) in [5.41, 5.74) is 0.120. The van der Waals surface area contributed by atoms with Gasteiger partial charge in [-0.3, -0.25) is 0 Å². The van der Waals surface area contributed by atoms with Gasteiger partial charge in [0.25, 0.3) is 5.79 Å². The summed E-state index contributed by atoms with van der Waals surface area (Å²) in [6, 6.07) is 0. The average Bonchev–Trinajstić information content (AvgIpc) is 2.32. The fourth-order valence-corrected chi connectivity index (χ4v) is 1.17. The van der Waals surface area contributed by atoms with E-state index in [0.717, 1.165) is 19.3 Å². The molecule has 0 amide bonds. The minimum atomic E-state index is -1.79. The molecule has 116 valence electrons. The van der Waals surface area contributed by atoms with Gasteiger partial charge in [-0.15, -0.1) is 0 Å². The van der Waals surface area contributed by atoms with Crippen LogP contribution in [0.5, 0.6) is 0 Å². The molecule has 0 fully saturated rings. The van der Waals surface area contributed by atoms with Gasteiger partial charge < -0.3 is 14.6 Å². The number of carboxylic acid groups (broad SMARTS) is 1. The van der Waals surface area contributed by atoms with E-state index < -0.39 is 17.9 Å². The van der Waals surface area contributed by atoms with Gasteiger partial charge in [0.15, 0.2) is 6.61 Å². The summed E-state index contributed by atoms with van der Waals surface area (Å²) in [5.74, 6) is -2.56. The lowest BCUT2D eigenvalue weighted by Crippen LogP contribution is -2.41. The summed E-state index contributed by atoms with van der Waals surface area (Å²) in [6.45, 7) is 8.14. The highest BCUT2D eigenvalue weighted by atomic mass is 17.2. The SMILES string of the molecule is C=C(C)C(=O)OC(C)(COOCCCCC)OC(=O)O. The molecule has 0 spiro atoms. The number of unbranched alkanes of at least 4 members (excludes halogenated alkanes) is 2. The molecule has 0 aliphatic heterocycles. The molecular formula is C13H22O7. The van der Waals surface area contributed by atoms with Crippen LogP contribution in [0.15, 0.2) is 12.2 Å². The molecule has 0 aliphatic rings. The number of esters is 1. The highest BCUT2D eigenvalue weighted by Gasteiger charge is 2.35. The molecule has 0 aliphatic carbocycles. The Hall–Kier alpha value is -1.60. The molecule has 0 aromatic rings. The quantitative estimate of drug-likeness (QED) is 0.165. The molecule has 1 N–H and O–H groups in total. The first-order valence-electron chi connectivity index (χ1n) is 6.36. The van der Waals surface area contributed by atoms with Crippen LogP contribution >= 0.6 is 0 Å². The van der Waals surface area contributed by atoms with Crippen LogP contribution < -0.4 is 0 Å². The van der Waals surface area contributed by atoms with Crippen molar-refractivity contribution in [3.05, 3.63) is 12.2 Å². The Balaban J connectivity index is 4.29. The van der Waals surface area contributed by atoms with Gasteiger partial charge >= 0.3 is 12.1 Å². The molecule has 1 unspecified atom stereocenters. The Bertz CT molecular complexity index is 340. The van der Waals surface area contributed by atoms with E-state index in [9.17, 15) is 9.59 Å². The summed E-state index contributed by atoms with van der Waals surface area (Å²) in [5, 5.41) is 8.64. The second kappa shape index (κ2) is 9.33. The maximum Gasteiger partial charge on any atom is 0.509 e. The van der Waals surface area contributed by atoms with E-state index in [2.05, 4.69) is 18.2 Å². The summed E-state index contributed by atoms with van der Waals surface area (Å²) < 4.78 is 9.41. The molecule has 0 radical (unpaired) electrons. The third-order valence-corrected chi connectivity index (χ3v) is 2.20. The second-order valence-electron chi connectivity index (χ2n) is 4.46. The Morgan fingerprint density at radius 1 is 1.20 bits per heavy atom. The second-order valence-corrected chi connectivity index (χ2v) is 4.46. The molecule has 0 heterocycles. The normalized spacial score (nSPS) is 13.3. The summed E-state index contributed by atoms with van der Waals surface area (Å²) in [6.07, 6.45) is 1.27. The Morgan fingerprint density at radius 3 is 2.35 bits per heavy atom. The van der Waals surface area contributed by atoms with E-state index in [1.165, 1.54) is 13.8 Å². The lowest BCUT2D eigenvalue weighted by Gasteiger charge is -2.26. The zero-order chi connectivity index (χ0) is 15.6. The van der Waals surface area contributed by atoms with Crippen molar-refractivity contribution in [2.24, 2.45) is 0 Å². The van der Waals surface area contributed by atoms with Crippen LogP contribution in [-0.2, 0) is 24.0 Å². The lowest BCUT2D eigenvalue weighted by atomic mass is 10.3. The Morgan fingerprint density at radius 2 is 1.85 bits per heavy atom. The molecule has 0 saturated heterocycles. The molecule has 0 rings (SSSR count). The first-order valence-corrected chi connectivity index (χ1v) is 6.36. The number of carbonyl (C=O) groups is 2.